The quantitative estimate of drug-likeness (QED) is 0.828. The molecule has 1 aliphatic rings. The molecule has 0 spiro atoms. The summed E-state index contributed by atoms with van der Waals surface area (Å²) in [7, 11) is 1.77. The summed E-state index contributed by atoms with van der Waals surface area (Å²) >= 11 is 5.89. The Kier molecular flexibility index (Phi) is 7.06. The van der Waals surface area contributed by atoms with Gasteiger partial charge in [-0.25, -0.2) is 0 Å². The van der Waals surface area contributed by atoms with Gasteiger partial charge in [0.1, 0.15) is 0 Å². The van der Waals surface area contributed by atoms with Crippen LogP contribution in [0.2, 0.25) is 5.02 Å². The average Bonchev–Trinajstić information content (AvgIpc) is 2.49. The van der Waals surface area contributed by atoms with Crippen molar-refractivity contribution in [2.75, 3.05) is 25.5 Å². The fraction of sp³-hybridized carbons (Fsp3) is 0.556. The van der Waals surface area contributed by atoms with Crippen LogP contribution in [-0.4, -0.2) is 42.9 Å². The number of amides is 2. The predicted octanol–water partition coefficient (Wildman–Crippen LogP) is 2.91. The highest BCUT2D eigenvalue weighted by atomic mass is 35.5. The highest BCUT2D eigenvalue weighted by molar-refractivity contribution is 6.30. The molecule has 0 aliphatic heterocycles. The molecule has 2 N–H and O–H groups in total. The van der Waals surface area contributed by atoms with Gasteiger partial charge in [-0.1, -0.05) is 37.4 Å². The van der Waals surface area contributed by atoms with E-state index in [4.69, 9.17) is 11.6 Å². The zero-order valence-corrected chi connectivity index (χ0v) is 15.1. The Balaban J connectivity index is 1.74. The van der Waals surface area contributed by atoms with E-state index in [1.807, 2.05) is 0 Å². The topological polar surface area (TPSA) is 61.4 Å². The molecule has 0 saturated heterocycles. The molecule has 0 radical (unpaired) electrons. The molecular formula is C18H26ClN3O2. The van der Waals surface area contributed by atoms with Gasteiger partial charge in [0.2, 0.25) is 11.8 Å². The lowest BCUT2D eigenvalue weighted by Gasteiger charge is -2.30. The lowest BCUT2D eigenvalue weighted by molar-refractivity contribution is -0.124. The van der Waals surface area contributed by atoms with Crippen LogP contribution in [0.5, 0.6) is 0 Å². The number of anilines is 1. The van der Waals surface area contributed by atoms with E-state index in [-0.39, 0.29) is 30.9 Å². The summed E-state index contributed by atoms with van der Waals surface area (Å²) in [6.07, 6.45) is 4.64. The third-order valence-electron chi connectivity index (χ3n) is 4.39. The Morgan fingerprint density at radius 3 is 2.62 bits per heavy atom. The standard InChI is InChI=1S/C18H26ClN3O2/c1-13-6-3-4-9-16(13)21-18(24)12-22(2)11-17(23)20-15-8-5-7-14(19)10-15/h5,7-8,10,13,16H,3-4,6,9,11-12H2,1-2H3,(H,20,23)(H,21,24). The summed E-state index contributed by atoms with van der Waals surface area (Å²) in [6, 6.07) is 7.26. The first-order chi connectivity index (χ1) is 11.4. The minimum atomic E-state index is -0.168. The largest absolute Gasteiger partial charge is 0.352 e. The molecule has 2 rings (SSSR count). The first-order valence-corrected chi connectivity index (χ1v) is 8.85. The summed E-state index contributed by atoms with van der Waals surface area (Å²) in [6.45, 7) is 2.55. The molecule has 6 heteroatoms. The summed E-state index contributed by atoms with van der Waals surface area (Å²) in [5.41, 5.74) is 0.654. The first-order valence-electron chi connectivity index (χ1n) is 8.47. The van der Waals surface area contributed by atoms with Gasteiger partial charge in [-0.15, -0.1) is 0 Å². The molecule has 2 amide bonds. The maximum Gasteiger partial charge on any atom is 0.238 e. The van der Waals surface area contributed by atoms with E-state index < -0.39 is 0 Å². The zero-order chi connectivity index (χ0) is 17.5. The number of benzene rings is 1. The number of nitrogens with one attached hydrogen (secondary N) is 2. The van der Waals surface area contributed by atoms with Crippen molar-refractivity contribution in [1.82, 2.24) is 10.2 Å². The summed E-state index contributed by atoms with van der Waals surface area (Å²) in [5.74, 6) is 0.338. The number of carbonyl (C=O) groups excluding carboxylic acids is 2. The number of rotatable bonds is 6. The van der Waals surface area contributed by atoms with Crippen molar-refractivity contribution in [3.63, 3.8) is 0 Å². The van der Waals surface area contributed by atoms with Crippen molar-refractivity contribution < 1.29 is 9.59 Å². The van der Waals surface area contributed by atoms with Crippen molar-refractivity contribution >= 4 is 29.1 Å². The van der Waals surface area contributed by atoms with E-state index in [1.54, 1.807) is 36.2 Å². The molecule has 1 fully saturated rings. The summed E-state index contributed by atoms with van der Waals surface area (Å²) in [5, 5.41) is 6.45. The molecule has 1 saturated carbocycles. The number of halogens is 1. The second-order valence-corrected chi connectivity index (χ2v) is 7.10. The van der Waals surface area contributed by atoms with Gasteiger partial charge in [0.15, 0.2) is 0 Å². The summed E-state index contributed by atoms with van der Waals surface area (Å²) < 4.78 is 0. The van der Waals surface area contributed by atoms with Crippen LogP contribution in [0.25, 0.3) is 0 Å². The van der Waals surface area contributed by atoms with Crippen molar-refractivity contribution in [3.05, 3.63) is 29.3 Å². The minimum absolute atomic E-state index is 0.0215. The van der Waals surface area contributed by atoms with Gasteiger partial charge in [0, 0.05) is 16.8 Å². The molecule has 1 aromatic rings. The van der Waals surface area contributed by atoms with Crippen LogP contribution >= 0.6 is 11.6 Å². The van der Waals surface area contributed by atoms with E-state index in [1.165, 1.54) is 19.3 Å². The molecule has 0 bridgehead atoms. The molecule has 2 atom stereocenters. The van der Waals surface area contributed by atoms with Crippen molar-refractivity contribution in [3.8, 4) is 0 Å². The van der Waals surface area contributed by atoms with Gasteiger partial charge in [0.05, 0.1) is 13.1 Å². The van der Waals surface area contributed by atoms with Crippen LogP contribution in [0.3, 0.4) is 0 Å². The molecule has 1 aliphatic carbocycles. The van der Waals surface area contributed by atoms with Gasteiger partial charge >= 0.3 is 0 Å². The number of hydrogen-bond acceptors (Lipinski definition) is 3. The van der Waals surface area contributed by atoms with Crippen LogP contribution in [-0.2, 0) is 9.59 Å². The van der Waals surface area contributed by atoms with Gasteiger partial charge < -0.3 is 10.6 Å². The fourth-order valence-electron chi connectivity index (χ4n) is 3.10. The van der Waals surface area contributed by atoms with E-state index in [0.717, 1.165) is 6.42 Å². The minimum Gasteiger partial charge on any atom is -0.352 e. The highest BCUT2D eigenvalue weighted by Gasteiger charge is 2.23. The molecule has 1 aromatic carbocycles. The van der Waals surface area contributed by atoms with Crippen LogP contribution in [0.15, 0.2) is 24.3 Å². The maximum atomic E-state index is 12.1. The molecule has 24 heavy (non-hydrogen) atoms. The fourth-order valence-corrected chi connectivity index (χ4v) is 3.29. The zero-order valence-electron chi connectivity index (χ0n) is 14.3. The Morgan fingerprint density at radius 2 is 1.92 bits per heavy atom. The van der Waals surface area contributed by atoms with Gasteiger partial charge in [0.25, 0.3) is 0 Å². The third-order valence-corrected chi connectivity index (χ3v) is 4.63. The van der Waals surface area contributed by atoms with Crippen molar-refractivity contribution in [1.29, 1.82) is 0 Å². The Morgan fingerprint density at radius 1 is 1.21 bits per heavy atom. The van der Waals surface area contributed by atoms with Crippen LogP contribution in [0, 0.1) is 5.92 Å². The molecule has 2 unspecified atom stereocenters. The van der Waals surface area contributed by atoms with Crippen molar-refractivity contribution in [2.24, 2.45) is 5.92 Å². The molecular weight excluding hydrogens is 326 g/mol. The number of likely N-dealkylation sites (N-methyl/N-ethyl adjacent to an activating group) is 1. The van der Waals surface area contributed by atoms with Crippen LogP contribution in [0.1, 0.15) is 32.6 Å². The van der Waals surface area contributed by atoms with Crippen LogP contribution in [0.4, 0.5) is 5.69 Å². The number of nitrogens with zero attached hydrogens (tertiary/aromatic N) is 1. The first kappa shape index (κ1) is 18.7. The third kappa shape index (κ3) is 6.13. The van der Waals surface area contributed by atoms with Crippen LogP contribution < -0.4 is 10.6 Å². The number of hydrogen-bond donors (Lipinski definition) is 2. The predicted molar refractivity (Wildman–Crippen MR) is 97.1 cm³/mol. The SMILES string of the molecule is CC1CCCCC1NC(=O)CN(C)CC(=O)Nc1cccc(Cl)c1. The van der Waals surface area contributed by atoms with Gasteiger partial charge in [-0.05, 0) is 44.0 Å². The second-order valence-electron chi connectivity index (χ2n) is 6.67. The molecule has 5 nitrogen and oxygen atoms in total. The lowest BCUT2D eigenvalue weighted by atomic mass is 9.86. The second kappa shape index (κ2) is 9.04. The molecule has 0 aromatic heterocycles. The highest BCUT2D eigenvalue weighted by Crippen LogP contribution is 2.23. The van der Waals surface area contributed by atoms with Gasteiger partial charge in [-0.3, -0.25) is 14.5 Å². The lowest BCUT2D eigenvalue weighted by Crippen LogP contribution is -2.46. The smallest absolute Gasteiger partial charge is 0.238 e. The Bertz CT molecular complexity index is 579. The van der Waals surface area contributed by atoms with Gasteiger partial charge in [-0.2, -0.15) is 0 Å². The van der Waals surface area contributed by atoms with E-state index in [2.05, 4.69) is 17.6 Å². The molecule has 132 valence electrons. The monoisotopic (exact) mass is 351 g/mol. The van der Waals surface area contributed by atoms with E-state index in [0.29, 0.717) is 16.6 Å². The summed E-state index contributed by atoms with van der Waals surface area (Å²) in [4.78, 5) is 25.9. The maximum absolute atomic E-state index is 12.1. The van der Waals surface area contributed by atoms with Crippen molar-refractivity contribution in [2.45, 2.75) is 38.6 Å². The average molecular weight is 352 g/mol. The molecule has 0 heterocycles. The Labute approximate surface area is 148 Å². The Hall–Kier alpha value is -1.59. The van der Waals surface area contributed by atoms with E-state index >= 15 is 0 Å². The number of carbonyl (C=O) groups is 2. The normalized spacial score (nSPS) is 20.7. The van der Waals surface area contributed by atoms with E-state index in [9.17, 15) is 9.59 Å².